The van der Waals surface area contributed by atoms with Gasteiger partial charge in [0, 0.05) is 11.9 Å². The highest BCUT2D eigenvalue weighted by atomic mass is 19.4. The molecule has 0 aliphatic rings. The number of aromatic nitrogens is 3. The summed E-state index contributed by atoms with van der Waals surface area (Å²) in [4.78, 5) is 4.70. The molecule has 0 aliphatic carbocycles. The number of nitrogens with zero attached hydrogens (tertiary/aromatic N) is 3. The molecular weight excluding hydrogens is 425 g/mol. The van der Waals surface area contributed by atoms with Crippen molar-refractivity contribution in [3.63, 3.8) is 0 Å². The van der Waals surface area contributed by atoms with Crippen LogP contribution in [-0.2, 0) is 5.41 Å². The van der Waals surface area contributed by atoms with E-state index in [1.165, 1.54) is 0 Å². The van der Waals surface area contributed by atoms with Crippen molar-refractivity contribution >= 4 is 16.9 Å². The first kappa shape index (κ1) is 23.8. The lowest BCUT2D eigenvalue weighted by atomic mass is 9.84. The number of ether oxygens (including phenoxy) is 1. The van der Waals surface area contributed by atoms with Gasteiger partial charge in [0.1, 0.15) is 11.4 Å². The number of aryl methyl sites for hydroxylation is 1. The first-order valence-corrected chi connectivity index (χ1v) is 10.2. The fourth-order valence-electron chi connectivity index (χ4n) is 3.18. The van der Waals surface area contributed by atoms with Crippen LogP contribution < -0.4 is 10.1 Å². The molecule has 1 atom stereocenters. The number of rotatable bonds is 7. The predicted molar refractivity (Wildman–Crippen MR) is 115 cm³/mol. The molecule has 0 saturated heterocycles. The van der Waals surface area contributed by atoms with Crippen molar-refractivity contribution < 1.29 is 27.4 Å². The molecule has 3 aromatic rings. The Hall–Kier alpha value is -2.88. The van der Waals surface area contributed by atoms with Crippen LogP contribution in [0.2, 0.25) is 0 Å². The molecule has 0 amide bonds. The minimum absolute atomic E-state index is 0.139. The highest BCUT2D eigenvalue weighted by Gasteiger charge is 2.29. The summed E-state index contributed by atoms with van der Waals surface area (Å²) in [5.74, 6) is 0.353. The second-order valence-corrected chi connectivity index (χ2v) is 8.82. The van der Waals surface area contributed by atoms with Crippen molar-refractivity contribution in [2.24, 2.45) is 0 Å². The number of hydrogen-bond acceptors (Lipinski definition) is 7. The van der Waals surface area contributed by atoms with E-state index in [9.17, 15) is 18.3 Å². The Kier molecular flexibility index (Phi) is 6.64. The second kappa shape index (κ2) is 8.93. The smallest absolute Gasteiger partial charge is 0.422 e. The van der Waals surface area contributed by atoms with Gasteiger partial charge in [-0.3, -0.25) is 0 Å². The van der Waals surface area contributed by atoms with E-state index in [4.69, 9.17) is 14.1 Å². The summed E-state index contributed by atoms with van der Waals surface area (Å²) in [6, 6.07) is 5.13. The van der Waals surface area contributed by atoms with Gasteiger partial charge in [0.2, 0.25) is 0 Å². The molecule has 7 nitrogen and oxygen atoms in total. The van der Waals surface area contributed by atoms with Crippen molar-refractivity contribution in [3.05, 3.63) is 29.3 Å². The highest BCUT2D eigenvalue weighted by Crippen LogP contribution is 2.36. The number of fused-ring (bicyclic) bond motifs is 1. The van der Waals surface area contributed by atoms with Gasteiger partial charge in [-0.05, 0) is 55.0 Å². The van der Waals surface area contributed by atoms with Crippen LogP contribution in [0.4, 0.5) is 19.2 Å². The van der Waals surface area contributed by atoms with Crippen LogP contribution in [0.25, 0.3) is 22.5 Å². The normalized spacial score (nSPS) is 13.4. The summed E-state index contributed by atoms with van der Waals surface area (Å²) in [5.41, 5.74) is 2.21. The molecule has 0 aliphatic heterocycles. The molecule has 2 N–H and O–H groups in total. The Bertz CT molecular complexity index is 1090. The van der Waals surface area contributed by atoms with Gasteiger partial charge in [0.25, 0.3) is 5.89 Å². The van der Waals surface area contributed by atoms with E-state index in [2.05, 4.69) is 15.5 Å². The monoisotopic (exact) mass is 452 g/mol. The van der Waals surface area contributed by atoms with E-state index in [0.29, 0.717) is 29.6 Å². The van der Waals surface area contributed by atoms with Gasteiger partial charge in [0.05, 0.1) is 11.6 Å². The third-order valence-corrected chi connectivity index (χ3v) is 4.79. The molecule has 1 aromatic carbocycles. The van der Waals surface area contributed by atoms with E-state index in [1.807, 2.05) is 27.7 Å². The largest absolute Gasteiger partial charge is 0.484 e. The molecule has 0 bridgehead atoms. The van der Waals surface area contributed by atoms with Gasteiger partial charge in [-0.1, -0.05) is 25.9 Å². The predicted octanol–water partition coefficient (Wildman–Crippen LogP) is 5.01. The van der Waals surface area contributed by atoms with Crippen molar-refractivity contribution in [3.8, 4) is 17.3 Å². The molecule has 0 radical (unpaired) electrons. The maximum atomic E-state index is 12.7. The molecule has 2 heterocycles. The Morgan fingerprint density at radius 2 is 1.88 bits per heavy atom. The second-order valence-electron chi connectivity index (χ2n) is 8.82. The fourth-order valence-corrected chi connectivity index (χ4v) is 3.18. The van der Waals surface area contributed by atoms with Crippen LogP contribution in [0.5, 0.6) is 5.75 Å². The highest BCUT2D eigenvalue weighted by molar-refractivity contribution is 5.89. The van der Waals surface area contributed by atoms with Gasteiger partial charge in [-0.2, -0.15) is 13.2 Å². The molecule has 0 saturated carbocycles. The van der Waals surface area contributed by atoms with E-state index in [0.717, 1.165) is 11.1 Å². The lowest BCUT2D eigenvalue weighted by Gasteiger charge is -2.23. The summed E-state index contributed by atoms with van der Waals surface area (Å²) in [6.45, 7) is 8.50. The molecule has 10 heteroatoms. The van der Waals surface area contributed by atoms with Crippen molar-refractivity contribution in [2.45, 2.75) is 58.7 Å². The van der Waals surface area contributed by atoms with Gasteiger partial charge in [0.15, 0.2) is 6.61 Å². The van der Waals surface area contributed by atoms with Crippen LogP contribution in [0, 0.1) is 6.92 Å². The molecule has 0 fully saturated rings. The minimum atomic E-state index is -4.42. The molecule has 0 unspecified atom stereocenters. The Morgan fingerprint density at radius 3 is 2.50 bits per heavy atom. The summed E-state index contributed by atoms with van der Waals surface area (Å²) in [5, 5.41) is 21.0. The van der Waals surface area contributed by atoms with E-state index in [-0.39, 0.29) is 17.7 Å². The molecule has 174 valence electrons. The number of aliphatic hydroxyl groups is 1. The number of pyridine rings is 1. The quantitative estimate of drug-likeness (QED) is 0.520. The topological polar surface area (TPSA) is 93.3 Å². The van der Waals surface area contributed by atoms with Gasteiger partial charge in [-0.15, -0.1) is 5.10 Å². The Balaban J connectivity index is 2.00. The summed E-state index contributed by atoms with van der Waals surface area (Å²) in [7, 11) is 0. The van der Waals surface area contributed by atoms with Crippen molar-refractivity contribution in [1.29, 1.82) is 0 Å². The van der Waals surface area contributed by atoms with Crippen molar-refractivity contribution in [1.82, 2.24) is 15.2 Å². The van der Waals surface area contributed by atoms with Crippen molar-refractivity contribution in [2.75, 3.05) is 18.5 Å². The van der Waals surface area contributed by atoms with E-state index >= 15 is 0 Å². The van der Waals surface area contributed by atoms with Crippen LogP contribution in [0.1, 0.15) is 45.2 Å². The van der Waals surface area contributed by atoms with Crippen LogP contribution in [0.15, 0.2) is 22.6 Å². The van der Waals surface area contributed by atoms with E-state index in [1.54, 1.807) is 25.1 Å². The lowest BCUT2D eigenvalue weighted by Crippen LogP contribution is -2.20. The molecular formula is C22H27F3N4O3. The number of nitrogens with one attached hydrogen (secondary N) is 1. The maximum absolute atomic E-state index is 12.7. The third kappa shape index (κ3) is 5.87. The Labute approximate surface area is 184 Å². The molecule has 32 heavy (non-hydrogen) atoms. The first-order valence-electron chi connectivity index (χ1n) is 10.2. The average molecular weight is 452 g/mol. The third-order valence-electron chi connectivity index (χ3n) is 4.79. The van der Waals surface area contributed by atoms with Crippen LogP contribution >= 0.6 is 0 Å². The molecule has 0 spiro atoms. The van der Waals surface area contributed by atoms with Gasteiger partial charge >= 0.3 is 12.2 Å². The molecule has 3 rings (SSSR count). The number of benzene rings is 1. The zero-order valence-electron chi connectivity index (χ0n) is 18.7. The number of aliphatic hydroxyl groups excluding tert-OH is 1. The zero-order chi connectivity index (χ0) is 23.7. The van der Waals surface area contributed by atoms with Crippen LogP contribution in [0.3, 0.4) is 0 Å². The maximum Gasteiger partial charge on any atom is 0.422 e. The fraction of sp³-hybridized carbons (Fsp3) is 0.500. The number of alkyl halides is 3. The summed E-state index contributed by atoms with van der Waals surface area (Å²) < 4.78 is 48.6. The van der Waals surface area contributed by atoms with E-state index < -0.39 is 24.3 Å². The first-order chi connectivity index (χ1) is 14.8. The van der Waals surface area contributed by atoms with Crippen LogP contribution in [-0.4, -0.2) is 45.7 Å². The minimum Gasteiger partial charge on any atom is -0.484 e. The number of hydrogen-bond donors (Lipinski definition) is 2. The summed E-state index contributed by atoms with van der Waals surface area (Å²) >= 11 is 0. The standard InChI is InChI=1S/C22H27F3N4O3/c1-12-8-17(19-28-29-20(32-19)26-7-6-13(2)30)27-18-15(12)9-14(31-11-22(23,24)25)10-16(18)21(3,4)5/h8-10,13,30H,6-7,11H2,1-5H3,(H,26,29)/t13-/m0/s1. The average Bonchev–Trinajstić information content (AvgIpc) is 3.13. The van der Waals surface area contributed by atoms with Gasteiger partial charge in [-0.25, -0.2) is 4.98 Å². The summed E-state index contributed by atoms with van der Waals surface area (Å²) in [6.07, 6.45) is -4.35. The number of anilines is 1. The molecule has 2 aromatic heterocycles. The Morgan fingerprint density at radius 1 is 1.16 bits per heavy atom. The van der Waals surface area contributed by atoms with Gasteiger partial charge < -0.3 is 19.6 Å². The number of halogens is 3. The SMILES string of the molecule is Cc1cc(-c2nnc(NCC[C@H](C)O)o2)nc2c(C(C)(C)C)cc(OCC(F)(F)F)cc12. The lowest BCUT2D eigenvalue weighted by molar-refractivity contribution is -0.153. The zero-order valence-corrected chi connectivity index (χ0v) is 18.7.